The molecule has 0 amide bonds. The minimum Gasteiger partial charge on any atom is -0.456 e. The fraction of sp³-hybridized carbons (Fsp3) is 0.0476. The predicted octanol–water partition coefficient (Wildman–Crippen LogP) is 28.7. The molecule has 10 nitrogen and oxygen atoms in total. The van der Waals surface area contributed by atoms with Crippen LogP contribution in [0.2, 0.25) is 0 Å². The highest BCUT2D eigenvalue weighted by Gasteiger charge is 2.20. The molecule has 0 aliphatic heterocycles. The molecule has 0 radical (unpaired) electrons. The lowest BCUT2D eigenvalue weighted by Gasteiger charge is -2.08. The lowest BCUT2D eigenvalue weighted by Crippen LogP contribution is -1.94. The summed E-state index contributed by atoms with van der Waals surface area (Å²) in [5.41, 5.74) is 27.6. The van der Waals surface area contributed by atoms with Crippen LogP contribution in [0.25, 0.3) is 203 Å². The molecule has 10 heterocycles. The van der Waals surface area contributed by atoms with Gasteiger partial charge in [-0.3, -0.25) is 4.98 Å². The Morgan fingerprint density at radius 1 is 0.235 bits per heavy atom. The first-order chi connectivity index (χ1) is 56.6. The van der Waals surface area contributed by atoms with Gasteiger partial charge < -0.3 is 35.9 Å². The molecule has 0 atom stereocenters. The molecular formula is C105H74N6O4. The first-order valence-electron chi connectivity index (χ1n) is 38.9. The third-order valence-corrected chi connectivity index (χ3v) is 22.8. The number of pyridine rings is 2. The molecule has 115 heavy (non-hydrogen) atoms. The highest BCUT2D eigenvalue weighted by Crippen LogP contribution is 2.41. The van der Waals surface area contributed by atoms with E-state index in [-0.39, 0.29) is 0 Å². The van der Waals surface area contributed by atoms with Crippen LogP contribution in [0, 0.1) is 27.7 Å². The fourth-order valence-corrected chi connectivity index (χ4v) is 17.4. The van der Waals surface area contributed by atoms with Gasteiger partial charge >= 0.3 is 0 Å². The number of para-hydroxylation sites is 10. The molecule has 0 spiro atoms. The molecule has 0 fully saturated rings. The minimum atomic E-state index is 0.684. The number of aryl methyl sites for hydroxylation is 5. The number of fused-ring (bicyclic) bond motifs is 24. The van der Waals surface area contributed by atoms with Crippen LogP contribution in [-0.2, 0) is 7.05 Å². The lowest BCUT2D eigenvalue weighted by molar-refractivity contribution is 0.651. The summed E-state index contributed by atoms with van der Waals surface area (Å²) in [5, 5.41) is 19.4. The second kappa shape index (κ2) is 27.8. The molecule has 0 saturated carbocycles. The Morgan fingerprint density at radius 2 is 0.600 bits per heavy atom. The Morgan fingerprint density at radius 3 is 1.11 bits per heavy atom. The van der Waals surface area contributed by atoms with Gasteiger partial charge in [-0.1, -0.05) is 218 Å². The first kappa shape index (κ1) is 68.1. The Kier molecular flexibility index (Phi) is 16.4. The summed E-state index contributed by atoms with van der Waals surface area (Å²) in [4.78, 5) is 8.79. The van der Waals surface area contributed by atoms with E-state index in [0.29, 0.717) is 5.71 Å². The Bertz CT molecular complexity index is 7710. The average Bonchev–Trinajstić information content (AvgIpc) is 1.60. The monoisotopic (exact) mass is 1480 g/mol. The Hall–Kier alpha value is -15.0. The van der Waals surface area contributed by atoms with Crippen LogP contribution in [0.4, 0.5) is 0 Å². The van der Waals surface area contributed by atoms with E-state index in [4.69, 9.17) is 17.7 Å². The summed E-state index contributed by atoms with van der Waals surface area (Å²) >= 11 is 0. The van der Waals surface area contributed by atoms with Crippen LogP contribution in [0.5, 0.6) is 0 Å². The lowest BCUT2D eigenvalue weighted by atomic mass is 10.0. The maximum Gasteiger partial charge on any atom is 0.227 e. The summed E-state index contributed by atoms with van der Waals surface area (Å²) < 4.78 is 33.2. The maximum atomic E-state index is 6.12. The topological polar surface area (TPSA) is 98.1 Å². The molecule has 0 saturated heterocycles. The van der Waals surface area contributed by atoms with Crippen molar-refractivity contribution >= 4 is 175 Å². The van der Waals surface area contributed by atoms with E-state index in [1.165, 1.54) is 115 Å². The summed E-state index contributed by atoms with van der Waals surface area (Å²) in [6, 6.07) is 119. The third kappa shape index (κ3) is 11.6. The van der Waals surface area contributed by atoms with Crippen molar-refractivity contribution in [2.24, 2.45) is 7.05 Å². The van der Waals surface area contributed by atoms with Gasteiger partial charge in [0.25, 0.3) is 0 Å². The number of benzene rings is 15. The van der Waals surface area contributed by atoms with Crippen molar-refractivity contribution < 1.29 is 17.7 Å². The average molecular weight is 1480 g/mol. The quantitative estimate of drug-likeness (QED) is 0.174. The molecule has 0 aliphatic carbocycles. The van der Waals surface area contributed by atoms with Crippen LogP contribution in [0.15, 0.2) is 376 Å². The van der Waals surface area contributed by atoms with Gasteiger partial charge in [-0.25, -0.2) is 4.98 Å². The second-order valence-corrected chi connectivity index (χ2v) is 29.9. The Balaban J connectivity index is 0.0000000915. The van der Waals surface area contributed by atoms with Crippen LogP contribution in [0.3, 0.4) is 0 Å². The van der Waals surface area contributed by atoms with Crippen LogP contribution in [0.1, 0.15) is 22.3 Å². The van der Waals surface area contributed by atoms with Crippen molar-refractivity contribution in [3.8, 4) is 28.2 Å². The standard InChI is InChI=1S/C25H17NO.C24H16N2O.C24H15NO2.C19H15N.C13H11N/c1-16-7-6-10-20-21-15-17(13-14-24(21)27-25(16)20)26-22-11-4-2-8-18(22)19-9-3-5-12-23(19)26;1-15-7-6-10-19-20-13-16(14-25-24(20)27-23(15)19)26-21-11-4-2-8-17(21)18-9-3-5-12-22(18)26;1-14-2-5-21-18(10-14)20-12-16(4-7-23(20)26-21)15-3-6-22-19(11-15)17-8-9-25-13-24(17)27-22;1-14-7-6-8-15(13-14)20-18-11-4-2-9-16(18)17-10-3-5-12-19(17)20;1-14-12-8-4-2-6-10(12)11-7-3-5-9-13(11)14/h2-15H,1H3;2-14H,1H3;2-13H,1H3;2-13H,1H3;2-9H,1H3. The van der Waals surface area contributed by atoms with E-state index in [9.17, 15) is 0 Å². The number of hydrogen-bond acceptors (Lipinski definition) is 6. The molecule has 0 N–H and O–H groups in total. The van der Waals surface area contributed by atoms with Gasteiger partial charge in [-0.15, -0.1) is 0 Å². The van der Waals surface area contributed by atoms with Crippen molar-refractivity contribution in [2.75, 3.05) is 0 Å². The van der Waals surface area contributed by atoms with E-state index in [1.54, 1.807) is 12.4 Å². The van der Waals surface area contributed by atoms with E-state index < -0.39 is 0 Å². The fourth-order valence-electron chi connectivity index (χ4n) is 17.4. The van der Waals surface area contributed by atoms with E-state index >= 15 is 0 Å². The molecule has 10 aromatic heterocycles. The van der Waals surface area contributed by atoms with Gasteiger partial charge in [0, 0.05) is 116 Å². The van der Waals surface area contributed by atoms with Gasteiger partial charge in [0.1, 0.15) is 33.5 Å². The summed E-state index contributed by atoms with van der Waals surface area (Å²) in [6.07, 6.45) is 5.47. The second-order valence-electron chi connectivity index (χ2n) is 29.9. The van der Waals surface area contributed by atoms with Crippen LogP contribution >= 0.6 is 0 Å². The van der Waals surface area contributed by atoms with Crippen molar-refractivity contribution in [3.63, 3.8) is 0 Å². The molecule has 548 valence electrons. The maximum absolute atomic E-state index is 6.12. The molecule has 10 heteroatoms. The highest BCUT2D eigenvalue weighted by molar-refractivity contribution is 6.15. The molecular weight excluding hydrogens is 1410 g/mol. The number of aromatic nitrogens is 6. The molecule has 0 unspecified atom stereocenters. The van der Waals surface area contributed by atoms with Crippen LogP contribution in [-0.4, -0.2) is 28.2 Å². The molecule has 15 aromatic carbocycles. The highest BCUT2D eigenvalue weighted by atomic mass is 16.3. The summed E-state index contributed by atoms with van der Waals surface area (Å²) in [7, 11) is 2.12. The molecule has 0 aliphatic rings. The number of furan rings is 4. The van der Waals surface area contributed by atoms with Crippen LogP contribution < -0.4 is 0 Å². The minimum absolute atomic E-state index is 0.684. The number of rotatable bonds is 4. The van der Waals surface area contributed by atoms with Gasteiger partial charge in [-0.05, 0) is 183 Å². The summed E-state index contributed by atoms with van der Waals surface area (Å²) in [5.74, 6) is 0. The van der Waals surface area contributed by atoms with Crippen molar-refractivity contribution in [3.05, 3.63) is 381 Å². The smallest absolute Gasteiger partial charge is 0.227 e. The Labute approximate surface area is 660 Å². The third-order valence-electron chi connectivity index (χ3n) is 22.8. The normalized spacial score (nSPS) is 11.7. The largest absolute Gasteiger partial charge is 0.456 e. The first-order valence-corrected chi connectivity index (χ1v) is 38.9. The van der Waals surface area contributed by atoms with Crippen molar-refractivity contribution in [1.82, 2.24) is 28.2 Å². The zero-order chi connectivity index (χ0) is 76.9. The van der Waals surface area contributed by atoms with Gasteiger partial charge in [0.15, 0.2) is 5.58 Å². The van der Waals surface area contributed by atoms with Gasteiger partial charge in [0.2, 0.25) is 5.71 Å². The van der Waals surface area contributed by atoms with Gasteiger partial charge in [0.05, 0.1) is 56.6 Å². The number of hydrogen-bond donors (Lipinski definition) is 0. The van der Waals surface area contributed by atoms with Crippen molar-refractivity contribution in [1.29, 1.82) is 0 Å². The predicted molar refractivity (Wildman–Crippen MR) is 478 cm³/mol. The number of nitrogens with zero attached hydrogens (tertiary/aromatic N) is 6. The van der Waals surface area contributed by atoms with E-state index in [0.717, 1.165) is 105 Å². The zero-order valence-corrected chi connectivity index (χ0v) is 63.9. The molecule has 0 bridgehead atoms. The molecule has 25 rings (SSSR count). The zero-order valence-electron chi connectivity index (χ0n) is 63.9. The van der Waals surface area contributed by atoms with Crippen molar-refractivity contribution in [2.45, 2.75) is 27.7 Å². The SMILES string of the molecule is Cc1ccc2oc3ccc(-c4ccc5oc6cnccc6c5c4)cc3c2c1.Cc1cccc(-n2c3ccccc3c3ccccc32)c1.Cc1cccc2c1oc1ccc(-n3c4ccccc4c4ccccc43)cc12.Cc1cccc2c1oc1ncc(-n3c4ccccc4c4ccccc43)cc12.Cn1c2ccccc2c2ccccc21. The summed E-state index contributed by atoms with van der Waals surface area (Å²) in [6.45, 7) is 8.41. The van der Waals surface area contributed by atoms with Gasteiger partial charge in [-0.2, -0.15) is 0 Å². The van der Waals surface area contributed by atoms with E-state index in [1.807, 2.05) is 24.4 Å². The van der Waals surface area contributed by atoms with E-state index in [2.05, 4.69) is 384 Å². The molecule has 25 aromatic rings.